The molecule has 0 unspecified atom stereocenters. The van der Waals surface area contributed by atoms with Crippen molar-refractivity contribution in [2.45, 2.75) is 12.8 Å². The molecule has 0 saturated heterocycles. The van der Waals surface area contributed by atoms with Crippen molar-refractivity contribution in [3.8, 4) is 34.1 Å². The van der Waals surface area contributed by atoms with Gasteiger partial charge in [-0.25, -0.2) is 0 Å². The third-order valence-corrected chi connectivity index (χ3v) is 13.5. The summed E-state index contributed by atoms with van der Waals surface area (Å²) in [5.74, 6) is 3.28. The van der Waals surface area contributed by atoms with Gasteiger partial charge in [0.25, 0.3) is 0 Å². The molecule has 0 radical (unpaired) electrons. The number of ether oxygens (including phenoxy) is 4. The van der Waals surface area contributed by atoms with E-state index in [0.29, 0.717) is 13.2 Å². The molecule has 1 aliphatic heterocycles. The first-order valence-corrected chi connectivity index (χ1v) is 18.9. The van der Waals surface area contributed by atoms with Gasteiger partial charge in [0, 0.05) is 21.7 Å². The predicted molar refractivity (Wildman–Crippen MR) is 203 cm³/mol. The van der Waals surface area contributed by atoms with Gasteiger partial charge >= 0.3 is 0 Å². The molecule has 0 amide bonds. The predicted octanol–water partition coefficient (Wildman–Crippen LogP) is 7.44. The first kappa shape index (κ1) is 32.0. The molecule has 0 N–H and O–H groups in total. The van der Waals surface area contributed by atoms with Gasteiger partial charge in [-0.2, -0.15) is 0 Å². The lowest BCUT2D eigenvalue weighted by Gasteiger charge is -2.31. The highest BCUT2D eigenvalue weighted by Crippen LogP contribution is 2.51. The minimum atomic E-state index is -1.10. The van der Waals surface area contributed by atoms with Crippen LogP contribution in [0, 0.1) is 0 Å². The number of fused-ring (bicyclic) bond motifs is 3. The summed E-state index contributed by atoms with van der Waals surface area (Å²) in [5, 5.41) is 7.09. The fourth-order valence-electron chi connectivity index (χ4n) is 6.30. The molecule has 0 atom stereocenters. The van der Waals surface area contributed by atoms with E-state index in [0.717, 1.165) is 57.6 Å². The summed E-state index contributed by atoms with van der Waals surface area (Å²) in [7, 11) is 1.34. The van der Waals surface area contributed by atoms with E-state index in [1.807, 2.05) is 0 Å². The normalized spacial score (nSPS) is 12.8. The summed E-state index contributed by atoms with van der Waals surface area (Å²) in [4.78, 5) is 0. The zero-order valence-electron chi connectivity index (χ0n) is 27.2. The van der Waals surface area contributed by atoms with Crippen LogP contribution >= 0.6 is 15.8 Å². The molecule has 6 aromatic carbocycles. The fraction of sp³-hybridized carbons (Fsp3) is 0.143. The van der Waals surface area contributed by atoms with E-state index in [9.17, 15) is 0 Å². The smallest absolute Gasteiger partial charge is 0.128 e. The molecule has 48 heavy (non-hydrogen) atoms. The Morgan fingerprint density at radius 2 is 0.729 bits per heavy atom. The Bertz CT molecular complexity index is 1730. The quantitative estimate of drug-likeness (QED) is 0.158. The largest absolute Gasteiger partial charge is 0.496 e. The summed E-state index contributed by atoms with van der Waals surface area (Å²) >= 11 is 0. The zero-order chi connectivity index (χ0) is 32.7. The summed E-state index contributed by atoms with van der Waals surface area (Å²) in [6.45, 7) is 1.19. The van der Waals surface area contributed by atoms with Crippen molar-refractivity contribution in [2.75, 3.05) is 27.4 Å². The van der Waals surface area contributed by atoms with Gasteiger partial charge in [0.2, 0.25) is 0 Å². The molecule has 0 spiro atoms. The molecule has 1 heterocycles. The third kappa shape index (κ3) is 6.44. The van der Waals surface area contributed by atoms with Crippen molar-refractivity contribution in [1.82, 2.24) is 0 Å². The molecular formula is C42H38O4P2. The van der Waals surface area contributed by atoms with Crippen LogP contribution in [0.25, 0.3) is 11.1 Å². The standard InChI is InChI=1S/C42H38O4P2/c1-43-37-27-25-35-39(41(37)47(31-17-7-3-8-18-31)32-19-9-4-10-20-32)40-36(46-30-16-15-29-45-35)26-28-38(44-2)42(40)48(33-21-11-5-12-22-33)34-23-13-6-14-24-34/h3-14,17-28H,15-16,29-30H2,1-2H3. The number of hydrogen-bond acceptors (Lipinski definition) is 4. The van der Waals surface area contributed by atoms with Crippen LogP contribution < -0.4 is 50.8 Å². The van der Waals surface area contributed by atoms with Crippen LogP contribution in [-0.2, 0) is 0 Å². The fourth-order valence-corrected chi connectivity index (χ4v) is 11.5. The molecule has 0 aliphatic carbocycles. The number of hydrogen-bond donors (Lipinski definition) is 0. The van der Waals surface area contributed by atoms with E-state index in [4.69, 9.17) is 18.9 Å². The topological polar surface area (TPSA) is 36.9 Å². The van der Waals surface area contributed by atoms with Crippen LogP contribution in [0.3, 0.4) is 0 Å². The van der Waals surface area contributed by atoms with Gasteiger partial charge in [-0.15, -0.1) is 0 Å². The van der Waals surface area contributed by atoms with E-state index < -0.39 is 15.8 Å². The molecule has 0 bridgehead atoms. The first-order valence-electron chi connectivity index (χ1n) is 16.3. The minimum Gasteiger partial charge on any atom is -0.496 e. The van der Waals surface area contributed by atoms with Gasteiger partial charge in [0.15, 0.2) is 0 Å². The number of methoxy groups -OCH3 is 2. The highest BCUT2D eigenvalue weighted by molar-refractivity contribution is 7.81. The maximum atomic E-state index is 6.77. The summed E-state index contributed by atoms with van der Waals surface area (Å²) < 4.78 is 26.1. The molecule has 1 aliphatic rings. The highest BCUT2D eigenvalue weighted by atomic mass is 31.1. The van der Waals surface area contributed by atoms with Crippen LogP contribution in [0.4, 0.5) is 0 Å². The van der Waals surface area contributed by atoms with Crippen molar-refractivity contribution in [2.24, 2.45) is 0 Å². The average Bonchev–Trinajstić information content (AvgIpc) is 3.15. The van der Waals surface area contributed by atoms with Gasteiger partial charge in [-0.05, 0) is 74.2 Å². The molecule has 6 heteroatoms. The van der Waals surface area contributed by atoms with Crippen molar-refractivity contribution < 1.29 is 18.9 Å². The lowest BCUT2D eigenvalue weighted by Crippen LogP contribution is -2.28. The molecule has 4 nitrogen and oxygen atoms in total. The van der Waals surface area contributed by atoms with Crippen LogP contribution in [0.15, 0.2) is 146 Å². The van der Waals surface area contributed by atoms with E-state index in [1.165, 1.54) is 21.2 Å². The highest BCUT2D eigenvalue weighted by Gasteiger charge is 2.34. The third-order valence-electron chi connectivity index (χ3n) is 8.45. The lowest BCUT2D eigenvalue weighted by atomic mass is 10.0. The van der Waals surface area contributed by atoms with Gasteiger partial charge in [0.1, 0.15) is 23.0 Å². The second-order valence-corrected chi connectivity index (χ2v) is 15.7. The van der Waals surface area contributed by atoms with Gasteiger partial charge in [-0.3, -0.25) is 0 Å². The Morgan fingerprint density at radius 1 is 0.417 bits per heavy atom. The molecule has 240 valence electrons. The Morgan fingerprint density at radius 3 is 1.02 bits per heavy atom. The molecule has 0 fully saturated rings. The Kier molecular flexibility index (Phi) is 10.0. The van der Waals surface area contributed by atoms with Crippen LogP contribution in [0.1, 0.15) is 12.8 Å². The van der Waals surface area contributed by atoms with Gasteiger partial charge in [-0.1, -0.05) is 121 Å². The van der Waals surface area contributed by atoms with Crippen LogP contribution in [-0.4, -0.2) is 27.4 Å². The van der Waals surface area contributed by atoms with E-state index in [1.54, 1.807) is 14.2 Å². The Balaban J connectivity index is 1.64. The van der Waals surface area contributed by atoms with Crippen molar-refractivity contribution in [1.29, 1.82) is 0 Å². The average molecular weight is 669 g/mol. The molecule has 0 saturated carbocycles. The van der Waals surface area contributed by atoms with Crippen molar-refractivity contribution in [3.63, 3.8) is 0 Å². The summed E-state index contributed by atoms with van der Waals surface area (Å²) in [6.07, 6.45) is 1.79. The molecule has 0 aromatic heterocycles. The van der Waals surface area contributed by atoms with Crippen molar-refractivity contribution in [3.05, 3.63) is 146 Å². The van der Waals surface area contributed by atoms with Gasteiger partial charge < -0.3 is 18.9 Å². The van der Waals surface area contributed by atoms with E-state index in [2.05, 4.69) is 146 Å². The second-order valence-electron chi connectivity index (χ2n) is 11.4. The maximum absolute atomic E-state index is 6.77. The number of benzene rings is 6. The maximum Gasteiger partial charge on any atom is 0.128 e. The second kappa shape index (κ2) is 15.1. The molecule has 7 rings (SSSR count). The van der Waals surface area contributed by atoms with Gasteiger partial charge in [0.05, 0.1) is 27.4 Å². The SMILES string of the molecule is COc1ccc2c(c1P(c1ccccc1)c1ccccc1)-c1c(ccc(OC)c1P(c1ccccc1)c1ccccc1)OCCCCO2. The Labute approximate surface area is 285 Å². The summed E-state index contributed by atoms with van der Waals surface area (Å²) in [6, 6.07) is 51.3. The Hall–Kier alpha value is -4.62. The van der Waals surface area contributed by atoms with Crippen LogP contribution in [0.2, 0.25) is 0 Å². The van der Waals surface area contributed by atoms with Crippen molar-refractivity contribution >= 4 is 47.7 Å². The monoisotopic (exact) mass is 668 g/mol. The molecule has 6 aromatic rings. The molecular weight excluding hydrogens is 630 g/mol. The zero-order valence-corrected chi connectivity index (χ0v) is 29.0. The minimum absolute atomic E-state index is 0.595. The van der Waals surface area contributed by atoms with Crippen LogP contribution in [0.5, 0.6) is 23.0 Å². The first-order chi connectivity index (χ1) is 23.8. The summed E-state index contributed by atoms with van der Waals surface area (Å²) in [5.41, 5.74) is 2.00. The number of rotatable bonds is 8. The lowest BCUT2D eigenvalue weighted by molar-refractivity contribution is 0.263. The van der Waals surface area contributed by atoms with E-state index >= 15 is 0 Å². The van der Waals surface area contributed by atoms with E-state index in [-0.39, 0.29) is 0 Å².